The number of rotatable bonds is 9. The monoisotopic (exact) mass is 379 g/mol. The van der Waals surface area contributed by atoms with Crippen molar-refractivity contribution in [3.8, 4) is 0 Å². The van der Waals surface area contributed by atoms with Crippen LogP contribution < -0.4 is 5.32 Å². The Morgan fingerprint density at radius 2 is 1.67 bits per heavy atom. The number of aliphatic hydroxyl groups is 1. The fourth-order valence-electron chi connectivity index (χ4n) is 2.70. The SMILES string of the molecule is O=C(O)/C=C/C(=O)O.OC(CNC1CCCCC1)COCc1ccccc1. The van der Waals surface area contributed by atoms with Crippen LogP contribution in [0.1, 0.15) is 37.7 Å². The van der Waals surface area contributed by atoms with Gasteiger partial charge in [-0.2, -0.15) is 0 Å². The smallest absolute Gasteiger partial charge is 0.328 e. The highest BCUT2D eigenvalue weighted by molar-refractivity contribution is 5.89. The summed E-state index contributed by atoms with van der Waals surface area (Å²) in [6.45, 7) is 1.61. The van der Waals surface area contributed by atoms with E-state index in [1.54, 1.807) is 0 Å². The van der Waals surface area contributed by atoms with E-state index in [1.807, 2.05) is 30.3 Å². The predicted molar refractivity (Wildman–Crippen MR) is 101 cm³/mol. The molecule has 150 valence electrons. The number of aliphatic carboxylic acids is 2. The van der Waals surface area contributed by atoms with E-state index in [0.717, 1.165) is 5.56 Å². The highest BCUT2D eigenvalue weighted by Crippen LogP contribution is 2.17. The van der Waals surface area contributed by atoms with Crippen molar-refractivity contribution in [1.82, 2.24) is 5.32 Å². The van der Waals surface area contributed by atoms with Gasteiger partial charge in [0.1, 0.15) is 0 Å². The van der Waals surface area contributed by atoms with E-state index in [2.05, 4.69) is 5.32 Å². The molecule has 1 aliphatic carbocycles. The van der Waals surface area contributed by atoms with E-state index in [4.69, 9.17) is 14.9 Å². The Balaban J connectivity index is 0.000000387. The number of benzene rings is 1. The van der Waals surface area contributed by atoms with Crippen LogP contribution in [0, 0.1) is 0 Å². The standard InChI is InChI=1S/C16H25NO2.C4H4O4/c18-16(11-17-15-9-5-2-6-10-15)13-19-12-14-7-3-1-4-8-14;5-3(6)1-2-4(7)8/h1,3-4,7-8,15-18H,2,5-6,9-13H2;1-2H,(H,5,6)(H,7,8)/b;2-1+. The summed E-state index contributed by atoms with van der Waals surface area (Å²) in [4.78, 5) is 19.1. The third kappa shape index (κ3) is 12.7. The Labute approximate surface area is 159 Å². The van der Waals surface area contributed by atoms with Gasteiger partial charge in [0.05, 0.1) is 19.3 Å². The normalized spacial score (nSPS) is 15.7. The third-order valence-corrected chi connectivity index (χ3v) is 4.04. The topological polar surface area (TPSA) is 116 Å². The highest BCUT2D eigenvalue weighted by atomic mass is 16.5. The van der Waals surface area contributed by atoms with Crippen LogP contribution in [0.2, 0.25) is 0 Å². The zero-order valence-electron chi connectivity index (χ0n) is 15.4. The first-order valence-corrected chi connectivity index (χ1v) is 9.14. The molecule has 1 unspecified atom stereocenters. The number of carboxylic acids is 2. The fourth-order valence-corrected chi connectivity index (χ4v) is 2.70. The van der Waals surface area contributed by atoms with Crippen molar-refractivity contribution in [2.45, 2.75) is 50.9 Å². The zero-order valence-corrected chi connectivity index (χ0v) is 15.4. The van der Waals surface area contributed by atoms with E-state index in [0.29, 0.717) is 38.0 Å². The van der Waals surface area contributed by atoms with Crippen LogP contribution in [0.4, 0.5) is 0 Å². The van der Waals surface area contributed by atoms with Gasteiger partial charge in [-0.25, -0.2) is 9.59 Å². The fraction of sp³-hybridized carbons (Fsp3) is 0.500. The minimum atomic E-state index is -1.26. The van der Waals surface area contributed by atoms with Crippen molar-refractivity contribution in [1.29, 1.82) is 0 Å². The van der Waals surface area contributed by atoms with Crippen molar-refractivity contribution in [2.24, 2.45) is 0 Å². The third-order valence-electron chi connectivity index (χ3n) is 4.04. The maximum Gasteiger partial charge on any atom is 0.328 e. The number of carbonyl (C=O) groups is 2. The lowest BCUT2D eigenvalue weighted by molar-refractivity contribution is -0.134. The molecule has 0 bridgehead atoms. The Morgan fingerprint density at radius 1 is 1.07 bits per heavy atom. The Hall–Kier alpha value is -2.22. The second-order valence-electron chi connectivity index (χ2n) is 6.41. The molecule has 0 aromatic heterocycles. The van der Waals surface area contributed by atoms with Crippen LogP contribution in [0.5, 0.6) is 0 Å². The molecule has 7 nitrogen and oxygen atoms in total. The second kappa shape index (κ2) is 13.9. The van der Waals surface area contributed by atoms with Gasteiger partial charge in [0.15, 0.2) is 0 Å². The van der Waals surface area contributed by atoms with Crippen LogP contribution in [0.3, 0.4) is 0 Å². The van der Waals surface area contributed by atoms with E-state index in [1.165, 1.54) is 32.1 Å². The van der Waals surface area contributed by atoms with Crippen molar-refractivity contribution >= 4 is 11.9 Å². The molecular weight excluding hydrogens is 350 g/mol. The van der Waals surface area contributed by atoms with Crippen molar-refractivity contribution in [2.75, 3.05) is 13.2 Å². The summed E-state index contributed by atoms with van der Waals surface area (Å²) in [5, 5.41) is 28.9. The summed E-state index contributed by atoms with van der Waals surface area (Å²) >= 11 is 0. The molecule has 0 aliphatic heterocycles. The predicted octanol–water partition coefficient (Wildman–Crippen LogP) is 2.20. The van der Waals surface area contributed by atoms with Crippen LogP contribution in [-0.2, 0) is 20.9 Å². The Bertz CT molecular complexity index is 553. The molecule has 1 saturated carbocycles. The van der Waals surface area contributed by atoms with Gasteiger partial charge in [0.2, 0.25) is 0 Å². The summed E-state index contributed by atoms with van der Waals surface area (Å²) in [6, 6.07) is 10.7. The summed E-state index contributed by atoms with van der Waals surface area (Å²) in [5.74, 6) is -2.51. The van der Waals surface area contributed by atoms with Crippen LogP contribution in [0.25, 0.3) is 0 Å². The first kappa shape index (κ1) is 22.8. The molecule has 1 aliphatic rings. The summed E-state index contributed by atoms with van der Waals surface area (Å²) in [7, 11) is 0. The van der Waals surface area contributed by atoms with E-state index < -0.39 is 18.0 Å². The number of aliphatic hydroxyl groups excluding tert-OH is 1. The molecule has 0 saturated heterocycles. The van der Waals surface area contributed by atoms with Gasteiger partial charge in [-0.15, -0.1) is 0 Å². The molecule has 0 heterocycles. The molecule has 1 atom stereocenters. The summed E-state index contributed by atoms with van der Waals surface area (Å²) in [5.41, 5.74) is 1.15. The molecule has 0 spiro atoms. The van der Waals surface area contributed by atoms with Crippen molar-refractivity contribution in [3.63, 3.8) is 0 Å². The maximum atomic E-state index is 9.87. The Kier molecular flexibility index (Phi) is 11.8. The molecule has 0 amide bonds. The number of nitrogens with one attached hydrogen (secondary N) is 1. The molecule has 27 heavy (non-hydrogen) atoms. The highest BCUT2D eigenvalue weighted by Gasteiger charge is 2.14. The van der Waals surface area contributed by atoms with Crippen molar-refractivity contribution in [3.05, 3.63) is 48.0 Å². The maximum absolute atomic E-state index is 9.87. The molecule has 2 rings (SSSR count). The van der Waals surface area contributed by atoms with Crippen LogP contribution in [-0.4, -0.2) is 52.6 Å². The second-order valence-corrected chi connectivity index (χ2v) is 6.41. The Morgan fingerprint density at radius 3 is 2.22 bits per heavy atom. The zero-order chi connectivity index (χ0) is 19.9. The molecule has 7 heteroatoms. The first-order chi connectivity index (χ1) is 13.0. The lowest BCUT2D eigenvalue weighted by Gasteiger charge is -2.24. The molecule has 1 fully saturated rings. The average molecular weight is 379 g/mol. The molecule has 0 radical (unpaired) electrons. The number of ether oxygens (including phenoxy) is 1. The summed E-state index contributed by atoms with van der Waals surface area (Å²) in [6.07, 6.45) is 7.20. The largest absolute Gasteiger partial charge is 0.478 e. The average Bonchev–Trinajstić information content (AvgIpc) is 2.67. The minimum absolute atomic E-state index is 0.397. The van der Waals surface area contributed by atoms with Gasteiger partial charge in [-0.1, -0.05) is 49.6 Å². The van der Waals surface area contributed by atoms with Crippen LogP contribution in [0.15, 0.2) is 42.5 Å². The van der Waals surface area contributed by atoms with Gasteiger partial charge in [0.25, 0.3) is 0 Å². The minimum Gasteiger partial charge on any atom is -0.478 e. The molecule has 1 aromatic rings. The van der Waals surface area contributed by atoms with Gasteiger partial charge >= 0.3 is 11.9 Å². The number of carboxylic acid groups (broad SMARTS) is 2. The van der Waals surface area contributed by atoms with Crippen LogP contribution >= 0.6 is 0 Å². The number of hydrogen-bond donors (Lipinski definition) is 4. The van der Waals surface area contributed by atoms with E-state index in [-0.39, 0.29) is 0 Å². The van der Waals surface area contributed by atoms with E-state index >= 15 is 0 Å². The molecule has 1 aromatic carbocycles. The first-order valence-electron chi connectivity index (χ1n) is 9.14. The lowest BCUT2D eigenvalue weighted by atomic mass is 9.95. The lowest BCUT2D eigenvalue weighted by Crippen LogP contribution is -2.38. The van der Waals surface area contributed by atoms with Gasteiger partial charge < -0.3 is 25.4 Å². The molecule has 4 N–H and O–H groups in total. The van der Waals surface area contributed by atoms with Gasteiger partial charge in [-0.3, -0.25) is 0 Å². The summed E-state index contributed by atoms with van der Waals surface area (Å²) < 4.78 is 5.53. The van der Waals surface area contributed by atoms with Crippen molar-refractivity contribution < 1.29 is 29.6 Å². The van der Waals surface area contributed by atoms with Gasteiger partial charge in [-0.05, 0) is 18.4 Å². The quantitative estimate of drug-likeness (QED) is 0.486. The number of hydrogen-bond acceptors (Lipinski definition) is 5. The molecular formula is C20H29NO6. The van der Waals surface area contributed by atoms with E-state index in [9.17, 15) is 14.7 Å². The van der Waals surface area contributed by atoms with Gasteiger partial charge in [0, 0.05) is 24.7 Å².